The van der Waals surface area contributed by atoms with Gasteiger partial charge in [0.25, 0.3) is 5.91 Å². The highest BCUT2D eigenvalue weighted by Crippen LogP contribution is 2.45. The molecule has 1 amide bonds. The van der Waals surface area contributed by atoms with E-state index in [0.717, 1.165) is 15.8 Å². The van der Waals surface area contributed by atoms with Gasteiger partial charge < -0.3 is 15.7 Å². The first-order valence-electron chi connectivity index (χ1n) is 11.0. The number of carbonyl (C=O) groups excluding carboxylic acids is 1. The maximum Gasteiger partial charge on any atom is 0.410 e. The standard InChI is InChI=1S/C25H20ClF3N4O2S/c26-15-8-9-18(16(11-15)22(34)14-5-2-1-3-6-14)32-24(35)17-13-30-33-21(25(27,28)29)12-19(31-23(17)33)20-7-4-10-36-20/h1-11,13,19,21-22,31,34H,12H2,(H,32,35)/t19-,21+,22?/m1/s1. The number of thiophene rings is 1. The summed E-state index contributed by atoms with van der Waals surface area (Å²) in [6.45, 7) is 0. The summed E-state index contributed by atoms with van der Waals surface area (Å²) in [5.41, 5.74) is 1.17. The van der Waals surface area contributed by atoms with Crippen LogP contribution in [-0.2, 0) is 0 Å². The molecular formula is C25H20ClF3N4O2S. The second-order valence-electron chi connectivity index (χ2n) is 8.36. The Balaban J connectivity index is 1.48. The lowest BCUT2D eigenvalue weighted by molar-refractivity contribution is -0.173. The van der Waals surface area contributed by atoms with Gasteiger partial charge in [0.2, 0.25) is 0 Å². The number of anilines is 2. The monoisotopic (exact) mass is 532 g/mol. The van der Waals surface area contributed by atoms with Crippen molar-refractivity contribution in [3.05, 3.63) is 98.8 Å². The van der Waals surface area contributed by atoms with Gasteiger partial charge in [0, 0.05) is 27.6 Å². The smallest absolute Gasteiger partial charge is 0.384 e. The fourth-order valence-electron chi connectivity index (χ4n) is 4.28. The minimum absolute atomic E-state index is 0.0152. The molecule has 2 aromatic carbocycles. The van der Waals surface area contributed by atoms with Crippen molar-refractivity contribution in [3.8, 4) is 0 Å². The van der Waals surface area contributed by atoms with E-state index >= 15 is 0 Å². The van der Waals surface area contributed by atoms with Crippen molar-refractivity contribution in [1.82, 2.24) is 9.78 Å². The SMILES string of the molecule is O=C(Nc1ccc(Cl)cc1C(O)c1ccccc1)c1cnn2c1N[C@@H](c1cccs1)C[C@H]2C(F)(F)F. The van der Waals surface area contributed by atoms with Gasteiger partial charge in [-0.1, -0.05) is 48.0 Å². The number of amides is 1. The second-order valence-corrected chi connectivity index (χ2v) is 9.77. The highest BCUT2D eigenvalue weighted by atomic mass is 35.5. The molecule has 186 valence electrons. The molecule has 11 heteroatoms. The topological polar surface area (TPSA) is 79.2 Å². The molecule has 5 rings (SSSR count). The van der Waals surface area contributed by atoms with Gasteiger partial charge >= 0.3 is 6.18 Å². The van der Waals surface area contributed by atoms with Gasteiger partial charge in [-0.3, -0.25) is 4.79 Å². The molecule has 0 saturated heterocycles. The molecule has 36 heavy (non-hydrogen) atoms. The molecule has 0 bridgehead atoms. The quantitative estimate of drug-likeness (QED) is 0.271. The lowest BCUT2D eigenvalue weighted by Gasteiger charge is -2.33. The number of rotatable bonds is 5. The summed E-state index contributed by atoms with van der Waals surface area (Å²) in [6.07, 6.45) is -4.76. The molecule has 0 saturated carbocycles. The third-order valence-corrected chi connectivity index (χ3v) is 7.26. The summed E-state index contributed by atoms with van der Waals surface area (Å²) in [7, 11) is 0. The number of hydrogen-bond donors (Lipinski definition) is 3. The number of alkyl halides is 3. The Morgan fingerprint density at radius 1 is 1.19 bits per heavy atom. The first-order chi connectivity index (χ1) is 17.2. The third kappa shape index (κ3) is 4.71. The number of benzene rings is 2. The summed E-state index contributed by atoms with van der Waals surface area (Å²) < 4.78 is 42.5. The van der Waals surface area contributed by atoms with Gasteiger partial charge in [-0.15, -0.1) is 11.3 Å². The number of halogens is 4. The van der Waals surface area contributed by atoms with Crippen LogP contribution in [0.5, 0.6) is 0 Å². The van der Waals surface area contributed by atoms with Crippen molar-refractivity contribution in [2.75, 3.05) is 10.6 Å². The molecule has 4 aromatic rings. The van der Waals surface area contributed by atoms with Crippen LogP contribution in [0.25, 0.3) is 0 Å². The zero-order valence-electron chi connectivity index (χ0n) is 18.5. The van der Waals surface area contributed by atoms with Crippen LogP contribution >= 0.6 is 22.9 Å². The van der Waals surface area contributed by atoms with Crippen LogP contribution in [0, 0.1) is 0 Å². The molecule has 0 radical (unpaired) electrons. The van der Waals surface area contributed by atoms with Crippen LogP contribution in [0.15, 0.2) is 72.2 Å². The van der Waals surface area contributed by atoms with E-state index in [1.807, 2.05) is 6.07 Å². The van der Waals surface area contributed by atoms with Crippen molar-refractivity contribution in [2.24, 2.45) is 0 Å². The number of fused-ring (bicyclic) bond motifs is 1. The number of hydrogen-bond acceptors (Lipinski definition) is 5. The Labute approximate surface area is 213 Å². The van der Waals surface area contributed by atoms with Crippen LogP contribution < -0.4 is 10.6 Å². The summed E-state index contributed by atoms with van der Waals surface area (Å²) >= 11 is 7.49. The molecule has 0 spiro atoms. The lowest BCUT2D eigenvalue weighted by atomic mass is 9.99. The van der Waals surface area contributed by atoms with E-state index in [1.54, 1.807) is 47.8 Å². The van der Waals surface area contributed by atoms with Gasteiger partial charge in [0.05, 0.1) is 12.2 Å². The van der Waals surface area contributed by atoms with Crippen LogP contribution in [0.1, 0.15) is 51.0 Å². The largest absolute Gasteiger partial charge is 0.410 e. The molecule has 1 unspecified atom stereocenters. The lowest BCUT2D eigenvalue weighted by Crippen LogP contribution is -2.36. The Kier molecular flexibility index (Phi) is 6.50. The molecule has 0 aliphatic carbocycles. The van der Waals surface area contributed by atoms with E-state index in [9.17, 15) is 23.1 Å². The van der Waals surface area contributed by atoms with Crippen LogP contribution in [0.3, 0.4) is 0 Å². The van der Waals surface area contributed by atoms with E-state index in [-0.39, 0.29) is 23.5 Å². The molecule has 1 aliphatic rings. The average molecular weight is 533 g/mol. The van der Waals surface area contributed by atoms with E-state index in [4.69, 9.17) is 11.6 Å². The van der Waals surface area contributed by atoms with Gasteiger partial charge in [-0.05, 0) is 35.2 Å². The van der Waals surface area contributed by atoms with Crippen molar-refractivity contribution in [2.45, 2.75) is 30.8 Å². The van der Waals surface area contributed by atoms with Crippen molar-refractivity contribution < 1.29 is 23.1 Å². The summed E-state index contributed by atoms with van der Waals surface area (Å²) in [6, 6.07) is 14.5. The van der Waals surface area contributed by atoms with Crippen LogP contribution in [0.4, 0.5) is 24.7 Å². The first kappa shape index (κ1) is 24.4. The van der Waals surface area contributed by atoms with Crippen molar-refractivity contribution in [1.29, 1.82) is 0 Å². The molecule has 2 aromatic heterocycles. The van der Waals surface area contributed by atoms with Gasteiger partial charge in [-0.25, -0.2) is 4.68 Å². The number of nitrogens with zero attached hydrogens (tertiary/aromatic N) is 2. The Bertz CT molecular complexity index is 1380. The van der Waals surface area contributed by atoms with Crippen LogP contribution in [0.2, 0.25) is 5.02 Å². The molecule has 1 aliphatic heterocycles. The highest BCUT2D eigenvalue weighted by Gasteiger charge is 2.47. The summed E-state index contributed by atoms with van der Waals surface area (Å²) in [5, 5.41) is 22.8. The number of aromatic nitrogens is 2. The predicted octanol–water partition coefficient (Wildman–Crippen LogP) is 6.59. The number of aliphatic hydroxyl groups is 1. The Hall–Kier alpha value is -3.34. The Morgan fingerprint density at radius 3 is 2.67 bits per heavy atom. The third-order valence-electron chi connectivity index (χ3n) is 6.04. The highest BCUT2D eigenvalue weighted by molar-refractivity contribution is 7.10. The molecule has 3 heterocycles. The van der Waals surface area contributed by atoms with Crippen molar-refractivity contribution >= 4 is 40.4 Å². The second kappa shape index (κ2) is 9.61. The van der Waals surface area contributed by atoms with E-state index in [1.165, 1.54) is 23.5 Å². The van der Waals surface area contributed by atoms with E-state index in [0.29, 0.717) is 16.1 Å². The van der Waals surface area contributed by atoms with E-state index in [2.05, 4.69) is 15.7 Å². The maximum atomic E-state index is 13.9. The van der Waals surface area contributed by atoms with Gasteiger partial charge in [0.15, 0.2) is 6.04 Å². The predicted molar refractivity (Wildman–Crippen MR) is 133 cm³/mol. The molecule has 0 fully saturated rings. The number of aliphatic hydroxyl groups excluding tert-OH is 1. The minimum atomic E-state index is -4.55. The number of carbonyl (C=O) groups is 1. The summed E-state index contributed by atoms with van der Waals surface area (Å²) in [4.78, 5) is 14.0. The molecule has 3 atom stereocenters. The molecular weight excluding hydrogens is 513 g/mol. The van der Waals surface area contributed by atoms with E-state index < -0.39 is 30.3 Å². The van der Waals surface area contributed by atoms with Crippen LogP contribution in [-0.4, -0.2) is 27.0 Å². The Morgan fingerprint density at radius 2 is 1.97 bits per heavy atom. The van der Waals surface area contributed by atoms with Gasteiger partial charge in [-0.2, -0.15) is 18.3 Å². The fraction of sp³-hybridized carbons (Fsp3) is 0.200. The van der Waals surface area contributed by atoms with Gasteiger partial charge in [0.1, 0.15) is 17.5 Å². The molecule has 3 N–H and O–H groups in total. The first-order valence-corrected chi connectivity index (χ1v) is 12.3. The normalized spacial score (nSPS) is 18.2. The number of nitrogens with one attached hydrogen (secondary N) is 2. The fourth-order valence-corrected chi connectivity index (χ4v) is 5.25. The van der Waals surface area contributed by atoms with Crippen molar-refractivity contribution in [3.63, 3.8) is 0 Å². The zero-order valence-corrected chi connectivity index (χ0v) is 20.1. The zero-order chi connectivity index (χ0) is 25.4. The minimum Gasteiger partial charge on any atom is -0.384 e. The summed E-state index contributed by atoms with van der Waals surface area (Å²) in [5.74, 6) is -0.682. The average Bonchev–Trinajstić information content (AvgIpc) is 3.54. The maximum absolute atomic E-state index is 13.9. The molecule has 6 nitrogen and oxygen atoms in total.